The first-order chi connectivity index (χ1) is 11.6. The van der Waals surface area contributed by atoms with Crippen LogP contribution < -0.4 is 9.47 Å². The van der Waals surface area contributed by atoms with Crippen molar-refractivity contribution < 1.29 is 19.0 Å². The summed E-state index contributed by atoms with van der Waals surface area (Å²) in [6.45, 7) is 3.69. The number of fused-ring (bicyclic) bond motifs is 1. The van der Waals surface area contributed by atoms with Crippen LogP contribution in [0.25, 0.3) is 0 Å². The number of rotatable bonds is 2. The van der Waals surface area contributed by atoms with Crippen molar-refractivity contribution in [3.63, 3.8) is 0 Å². The van der Waals surface area contributed by atoms with Crippen molar-refractivity contribution in [2.75, 3.05) is 26.5 Å². The molecule has 1 aromatic carbocycles. The van der Waals surface area contributed by atoms with E-state index in [4.69, 9.17) is 14.2 Å². The summed E-state index contributed by atoms with van der Waals surface area (Å²) >= 11 is 0. The van der Waals surface area contributed by atoms with Crippen molar-refractivity contribution in [1.82, 2.24) is 14.5 Å². The number of ether oxygens (including phenoxy) is 3. The lowest BCUT2D eigenvalue weighted by Gasteiger charge is -2.32. The first-order valence-corrected chi connectivity index (χ1v) is 7.92. The molecule has 0 spiro atoms. The van der Waals surface area contributed by atoms with Gasteiger partial charge in [-0.15, -0.1) is 0 Å². The van der Waals surface area contributed by atoms with Crippen LogP contribution in [0.15, 0.2) is 24.4 Å². The summed E-state index contributed by atoms with van der Waals surface area (Å²) in [5.41, 5.74) is 1.53. The van der Waals surface area contributed by atoms with Crippen LogP contribution in [0.4, 0.5) is 0 Å². The minimum atomic E-state index is -0.213. The van der Waals surface area contributed by atoms with Gasteiger partial charge in [0.15, 0.2) is 11.5 Å². The number of hydrogen-bond donors (Lipinski definition) is 0. The number of nitrogens with zero attached hydrogens (tertiary/aromatic N) is 3. The Balaban J connectivity index is 1.53. The highest BCUT2D eigenvalue weighted by molar-refractivity contribution is 5.95. The van der Waals surface area contributed by atoms with Crippen molar-refractivity contribution in [2.24, 2.45) is 7.05 Å². The van der Waals surface area contributed by atoms with Gasteiger partial charge < -0.3 is 23.7 Å². The Morgan fingerprint density at radius 2 is 2.12 bits per heavy atom. The van der Waals surface area contributed by atoms with Crippen LogP contribution in [0.2, 0.25) is 0 Å². The molecule has 126 valence electrons. The first kappa shape index (κ1) is 15.0. The fourth-order valence-corrected chi connectivity index (χ4v) is 3.14. The smallest absolute Gasteiger partial charge is 0.254 e. The summed E-state index contributed by atoms with van der Waals surface area (Å²) in [5.74, 6) is 2.10. The molecule has 1 fully saturated rings. The zero-order valence-corrected chi connectivity index (χ0v) is 13.7. The lowest BCUT2D eigenvalue weighted by Crippen LogP contribution is -2.42. The normalized spacial score (nSPS) is 19.6. The zero-order chi connectivity index (χ0) is 16.7. The maximum Gasteiger partial charge on any atom is 0.254 e. The van der Waals surface area contributed by atoms with Gasteiger partial charge in [-0.2, -0.15) is 0 Å². The molecule has 3 heterocycles. The van der Waals surface area contributed by atoms with Gasteiger partial charge >= 0.3 is 0 Å². The first-order valence-electron chi connectivity index (χ1n) is 7.92. The molecule has 2 aliphatic heterocycles. The Morgan fingerprint density at radius 3 is 2.92 bits per heavy atom. The number of morpholine rings is 1. The third kappa shape index (κ3) is 2.60. The summed E-state index contributed by atoms with van der Waals surface area (Å²) in [6, 6.07) is 5.28. The van der Waals surface area contributed by atoms with Gasteiger partial charge in [0, 0.05) is 25.4 Å². The van der Waals surface area contributed by atoms with Crippen LogP contribution in [0.1, 0.15) is 28.0 Å². The van der Waals surface area contributed by atoms with E-state index in [9.17, 15) is 4.79 Å². The molecule has 0 N–H and O–H groups in total. The van der Waals surface area contributed by atoms with Gasteiger partial charge in [0.2, 0.25) is 6.79 Å². The molecule has 0 aliphatic carbocycles. The molecule has 1 atom stereocenters. The van der Waals surface area contributed by atoms with E-state index >= 15 is 0 Å². The van der Waals surface area contributed by atoms with E-state index in [1.165, 1.54) is 0 Å². The molecule has 24 heavy (non-hydrogen) atoms. The number of carbonyl (C=O) groups is 1. The zero-order valence-electron chi connectivity index (χ0n) is 13.7. The van der Waals surface area contributed by atoms with E-state index in [0.717, 1.165) is 11.5 Å². The van der Waals surface area contributed by atoms with Crippen LogP contribution in [-0.2, 0) is 11.8 Å². The Hall–Kier alpha value is -2.54. The maximum absolute atomic E-state index is 12.8. The standard InChI is InChI=1S/C17H19N3O4/c1-11-8-19(2)16(18-11)15-9-20(5-6-22-15)17(21)12-3-4-13-14(7-12)24-10-23-13/h3-4,7-8,15H,5-6,9-10H2,1-2H3/t15-/m0/s1. The van der Waals surface area contributed by atoms with E-state index in [1.54, 1.807) is 23.1 Å². The quantitative estimate of drug-likeness (QED) is 0.838. The van der Waals surface area contributed by atoms with Gasteiger partial charge in [-0.3, -0.25) is 4.79 Å². The van der Waals surface area contributed by atoms with Crippen molar-refractivity contribution in [3.05, 3.63) is 41.5 Å². The van der Waals surface area contributed by atoms with Crippen molar-refractivity contribution in [2.45, 2.75) is 13.0 Å². The second-order valence-corrected chi connectivity index (χ2v) is 6.03. The topological polar surface area (TPSA) is 65.8 Å². The molecule has 1 saturated heterocycles. The number of amides is 1. The van der Waals surface area contributed by atoms with Gasteiger partial charge in [0.1, 0.15) is 11.9 Å². The Kier molecular flexibility index (Phi) is 3.65. The van der Waals surface area contributed by atoms with Crippen molar-refractivity contribution >= 4 is 5.91 Å². The lowest BCUT2D eigenvalue weighted by molar-refractivity contribution is -0.0279. The van der Waals surface area contributed by atoms with Gasteiger partial charge in [-0.25, -0.2) is 4.98 Å². The number of benzene rings is 1. The molecule has 0 bridgehead atoms. The molecule has 0 saturated carbocycles. The van der Waals surface area contributed by atoms with Gasteiger partial charge in [-0.1, -0.05) is 0 Å². The van der Waals surface area contributed by atoms with Gasteiger partial charge in [0.05, 0.1) is 18.8 Å². The summed E-state index contributed by atoms with van der Waals surface area (Å²) in [5, 5.41) is 0. The van der Waals surface area contributed by atoms with E-state index in [1.807, 2.05) is 24.7 Å². The largest absolute Gasteiger partial charge is 0.454 e. The molecule has 0 unspecified atom stereocenters. The second-order valence-electron chi connectivity index (χ2n) is 6.03. The summed E-state index contributed by atoms with van der Waals surface area (Å²) in [4.78, 5) is 19.1. The Morgan fingerprint density at radius 1 is 1.29 bits per heavy atom. The molecule has 7 heteroatoms. The SMILES string of the molecule is Cc1cn(C)c([C@@H]2CN(C(=O)c3ccc4c(c3)OCO4)CCO2)n1. The minimum absolute atomic E-state index is 0.0347. The molecule has 1 amide bonds. The molecular formula is C17H19N3O4. The van der Waals surface area contributed by atoms with Gasteiger partial charge in [0.25, 0.3) is 5.91 Å². The maximum atomic E-state index is 12.8. The van der Waals surface area contributed by atoms with Crippen LogP contribution in [0, 0.1) is 6.92 Å². The third-order valence-corrected chi connectivity index (χ3v) is 4.29. The fraction of sp³-hybridized carbons (Fsp3) is 0.412. The Bertz CT molecular complexity index is 786. The van der Waals surface area contributed by atoms with Crippen LogP contribution >= 0.6 is 0 Å². The molecule has 2 aromatic rings. The molecule has 2 aliphatic rings. The molecule has 0 radical (unpaired) electrons. The summed E-state index contributed by atoms with van der Waals surface area (Å²) < 4.78 is 18.4. The highest BCUT2D eigenvalue weighted by Gasteiger charge is 2.29. The molecule has 4 rings (SSSR count). The predicted molar refractivity (Wildman–Crippen MR) is 85.1 cm³/mol. The van der Waals surface area contributed by atoms with E-state index in [2.05, 4.69) is 4.98 Å². The predicted octanol–water partition coefficient (Wildman–Crippen LogP) is 1.67. The number of aryl methyl sites for hydroxylation is 2. The third-order valence-electron chi connectivity index (χ3n) is 4.29. The second kappa shape index (κ2) is 5.83. The number of carbonyl (C=O) groups excluding carboxylic acids is 1. The fourth-order valence-electron chi connectivity index (χ4n) is 3.14. The van der Waals surface area contributed by atoms with Crippen molar-refractivity contribution in [1.29, 1.82) is 0 Å². The summed E-state index contributed by atoms with van der Waals surface area (Å²) in [7, 11) is 1.94. The Labute approximate surface area is 139 Å². The molecular weight excluding hydrogens is 310 g/mol. The monoisotopic (exact) mass is 329 g/mol. The van der Waals surface area contributed by atoms with Crippen LogP contribution in [0.3, 0.4) is 0 Å². The van der Waals surface area contributed by atoms with E-state index < -0.39 is 0 Å². The minimum Gasteiger partial charge on any atom is -0.454 e. The lowest BCUT2D eigenvalue weighted by atomic mass is 10.1. The van der Waals surface area contributed by atoms with E-state index in [0.29, 0.717) is 36.8 Å². The molecule has 1 aromatic heterocycles. The number of hydrogen-bond acceptors (Lipinski definition) is 5. The average molecular weight is 329 g/mol. The highest BCUT2D eigenvalue weighted by Crippen LogP contribution is 2.33. The van der Waals surface area contributed by atoms with Crippen LogP contribution in [-0.4, -0.2) is 46.8 Å². The van der Waals surface area contributed by atoms with E-state index in [-0.39, 0.29) is 18.8 Å². The van der Waals surface area contributed by atoms with Crippen LogP contribution in [0.5, 0.6) is 11.5 Å². The van der Waals surface area contributed by atoms with Gasteiger partial charge in [-0.05, 0) is 25.1 Å². The number of imidazole rings is 1. The van der Waals surface area contributed by atoms with Crippen molar-refractivity contribution in [3.8, 4) is 11.5 Å². The number of aromatic nitrogens is 2. The average Bonchev–Trinajstić information content (AvgIpc) is 3.19. The molecule has 7 nitrogen and oxygen atoms in total. The summed E-state index contributed by atoms with van der Waals surface area (Å²) in [6.07, 6.45) is 1.74. The highest BCUT2D eigenvalue weighted by atomic mass is 16.7.